The zero-order chi connectivity index (χ0) is 17.4. The van der Waals surface area contributed by atoms with Gasteiger partial charge in [0.25, 0.3) is 0 Å². The van der Waals surface area contributed by atoms with Gasteiger partial charge in [0, 0.05) is 28.4 Å². The summed E-state index contributed by atoms with van der Waals surface area (Å²) in [7, 11) is 0. The van der Waals surface area contributed by atoms with E-state index in [1.165, 1.54) is 47.1 Å². The molecule has 3 nitrogen and oxygen atoms in total. The summed E-state index contributed by atoms with van der Waals surface area (Å²) in [6, 6.07) is 15.1. The van der Waals surface area contributed by atoms with Crippen molar-refractivity contribution in [2.24, 2.45) is 5.73 Å². The molecule has 0 saturated carbocycles. The minimum Gasteiger partial charge on any atom is -0.389 e. The Morgan fingerprint density at radius 2 is 1.84 bits per heavy atom. The highest BCUT2D eigenvalue weighted by molar-refractivity contribution is 7.99. The van der Waals surface area contributed by atoms with Crippen LogP contribution in [-0.2, 0) is 0 Å². The number of hydrogen-bond acceptors (Lipinski definition) is 4. The second-order valence-electron chi connectivity index (χ2n) is 6.62. The monoisotopic (exact) mass is 369 g/mol. The summed E-state index contributed by atoms with van der Waals surface area (Å²) in [6.07, 6.45) is 4.03. The number of nitrogens with two attached hydrogens (primary N) is 1. The number of hydrogen-bond donors (Lipinski definition) is 1. The Balaban J connectivity index is 1.86. The van der Waals surface area contributed by atoms with E-state index in [-0.39, 0.29) is 0 Å². The van der Waals surface area contributed by atoms with Crippen molar-refractivity contribution in [2.45, 2.75) is 42.1 Å². The molecule has 0 amide bonds. The summed E-state index contributed by atoms with van der Waals surface area (Å²) in [5.41, 5.74) is 9.37. The maximum atomic E-state index is 5.91. The van der Waals surface area contributed by atoms with Crippen molar-refractivity contribution in [1.29, 1.82) is 0 Å². The van der Waals surface area contributed by atoms with Crippen LogP contribution in [0.25, 0.3) is 0 Å². The van der Waals surface area contributed by atoms with E-state index in [0.29, 0.717) is 11.2 Å². The van der Waals surface area contributed by atoms with E-state index in [0.717, 1.165) is 12.0 Å². The van der Waals surface area contributed by atoms with Crippen molar-refractivity contribution >= 4 is 40.3 Å². The van der Waals surface area contributed by atoms with Gasteiger partial charge in [0.2, 0.25) is 0 Å². The molecule has 0 radical (unpaired) electrons. The fourth-order valence-corrected chi connectivity index (χ4v) is 5.08. The predicted octanol–water partition coefficient (Wildman–Crippen LogP) is 4.76. The van der Waals surface area contributed by atoms with Gasteiger partial charge < -0.3 is 10.6 Å². The molecule has 1 fully saturated rings. The number of para-hydroxylation sites is 1. The van der Waals surface area contributed by atoms with Crippen molar-refractivity contribution < 1.29 is 0 Å². The molecule has 0 spiro atoms. The van der Waals surface area contributed by atoms with Crippen LogP contribution in [0.5, 0.6) is 0 Å². The summed E-state index contributed by atoms with van der Waals surface area (Å²) >= 11 is 7.06. The molecule has 2 aliphatic rings. The van der Waals surface area contributed by atoms with E-state index in [4.69, 9.17) is 18.0 Å². The molecule has 2 N–H and O–H groups in total. The van der Waals surface area contributed by atoms with Gasteiger partial charge in [-0.3, -0.25) is 4.90 Å². The smallest absolute Gasteiger partial charge is 0.104 e. The summed E-state index contributed by atoms with van der Waals surface area (Å²) in [5.74, 6) is 0. The summed E-state index contributed by atoms with van der Waals surface area (Å²) < 4.78 is 0. The first kappa shape index (κ1) is 16.9. The molecule has 2 aliphatic heterocycles. The van der Waals surface area contributed by atoms with E-state index in [2.05, 4.69) is 53.1 Å². The number of likely N-dealkylation sites (tertiary alicyclic amines) is 1. The van der Waals surface area contributed by atoms with Crippen LogP contribution in [0.3, 0.4) is 0 Å². The van der Waals surface area contributed by atoms with Crippen LogP contribution in [0, 0.1) is 0 Å². The molecule has 0 aliphatic carbocycles. The molecule has 2 aromatic rings. The Labute approximate surface area is 159 Å². The van der Waals surface area contributed by atoms with Gasteiger partial charge >= 0.3 is 0 Å². The van der Waals surface area contributed by atoms with Crippen molar-refractivity contribution in [3.05, 3.63) is 48.0 Å². The second-order valence-corrected chi connectivity index (χ2v) is 8.14. The van der Waals surface area contributed by atoms with E-state index in [1.54, 1.807) is 0 Å². The Kier molecular flexibility index (Phi) is 4.71. The number of nitrogens with zero attached hydrogens (tertiary/aromatic N) is 2. The molecule has 1 atom stereocenters. The number of rotatable bonds is 4. The number of anilines is 2. The van der Waals surface area contributed by atoms with Gasteiger partial charge in [-0.2, -0.15) is 0 Å². The molecule has 130 valence electrons. The number of fused-ring (bicyclic) bond motifs is 2. The van der Waals surface area contributed by atoms with Crippen LogP contribution in [0.2, 0.25) is 0 Å². The van der Waals surface area contributed by atoms with Crippen molar-refractivity contribution in [1.82, 2.24) is 4.90 Å². The van der Waals surface area contributed by atoms with Crippen LogP contribution in [0.1, 0.15) is 31.7 Å². The summed E-state index contributed by atoms with van der Waals surface area (Å²) in [5, 5.41) is 0. The van der Waals surface area contributed by atoms with Crippen molar-refractivity contribution in [2.75, 3.05) is 18.0 Å². The minimum absolute atomic E-state index is 0.366. The first-order valence-corrected chi connectivity index (χ1v) is 10.2. The van der Waals surface area contributed by atoms with Crippen molar-refractivity contribution in [3.63, 3.8) is 0 Å². The largest absolute Gasteiger partial charge is 0.389 e. The Bertz CT molecular complexity index is 799. The third kappa shape index (κ3) is 3.05. The first-order chi connectivity index (χ1) is 12.2. The Hall–Kier alpha value is -1.56. The van der Waals surface area contributed by atoms with Gasteiger partial charge in [-0.15, -0.1) is 0 Å². The van der Waals surface area contributed by atoms with Gasteiger partial charge in [0.15, 0.2) is 0 Å². The molecule has 4 rings (SSSR count). The van der Waals surface area contributed by atoms with Gasteiger partial charge in [0.1, 0.15) is 4.99 Å². The second kappa shape index (κ2) is 6.98. The SMILES string of the molecule is CCC(N1CCCC1)N1c2ccccc2Sc2ccc(C(N)=S)cc21. The fraction of sp³-hybridized carbons (Fsp3) is 0.350. The maximum Gasteiger partial charge on any atom is 0.104 e. The van der Waals surface area contributed by atoms with Crippen LogP contribution in [0.4, 0.5) is 11.4 Å². The molecule has 1 saturated heterocycles. The first-order valence-electron chi connectivity index (χ1n) is 8.93. The average Bonchev–Trinajstić information content (AvgIpc) is 3.15. The lowest BCUT2D eigenvalue weighted by Gasteiger charge is -2.42. The van der Waals surface area contributed by atoms with Gasteiger partial charge in [-0.25, -0.2) is 0 Å². The molecule has 0 bridgehead atoms. The van der Waals surface area contributed by atoms with E-state index in [9.17, 15) is 0 Å². The molecule has 1 unspecified atom stereocenters. The minimum atomic E-state index is 0.366. The average molecular weight is 370 g/mol. The van der Waals surface area contributed by atoms with Gasteiger partial charge in [-0.1, -0.05) is 49.1 Å². The lowest BCUT2D eigenvalue weighted by molar-refractivity contribution is 0.239. The standard InChI is InChI=1S/C20H23N3S2/c1-2-19(22-11-5-6-12-22)23-15-7-3-4-8-17(15)25-18-10-9-14(20(21)24)13-16(18)23/h3-4,7-10,13,19H,2,5-6,11-12H2,1H3,(H2,21,24). The van der Waals surface area contributed by atoms with E-state index >= 15 is 0 Å². The zero-order valence-corrected chi connectivity index (χ0v) is 16.1. The topological polar surface area (TPSA) is 32.5 Å². The summed E-state index contributed by atoms with van der Waals surface area (Å²) in [6.45, 7) is 4.63. The number of benzene rings is 2. The highest BCUT2D eigenvalue weighted by Crippen LogP contribution is 2.50. The molecule has 2 aromatic carbocycles. The molecule has 0 aromatic heterocycles. The molecule has 2 heterocycles. The van der Waals surface area contributed by atoms with Gasteiger partial charge in [0.05, 0.1) is 17.5 Å². The third-order valence-corrected chi connectivity index (χ3v) is 6.44. The normalized spacial score (nSPS) is 17.9. The third-order valence-electron chi connectivity index (χ3n) is 5.07. The quantitative estimate of drug-likeness (QED) is 0.786. The highest BCUT2D eigenvalue weighted by atomic mass is 32.2. The highest BCUT2D eigenvalue weighted by Gasteiger charge is 2.33. The van der Waals surface area contributed by atoms with Crippen molar-refractivity contribution in [3.8, 4) is 0 Å². The fourth-order valence-electron chi connectivity index (χ4n) is 3.90. The lowest BCUT2D eigenvalue weighted by Crippen LogP contribution is -2.45. The summed E-state index contributed by atoms with van der Waals surface area (Å²) in [4.78, 5) is 8.17. The van der Waals surface area contributed by atoms with Crippen LogP contribution in [-0.4, -0.2) is 29.1 Å². The molecule has 25 heavy (non-hydrogen) atoms. The van der Waals surface area contributed by atoms with E-state index < -0.39 is 0 Å². The zero-order valence-electron chi connectivity index (χ0n) is 14.4. The van der Waals surface area contributed by atoms with Gasteiger partial charge in [-0.05, 0) is 43.5 Å². The molecular formula is C20H23N3S2. The predicted molar refractivity (Wildman–Crippen MR) is 110 cm³/mol. The van der Waals surface area contributed by atoms with Crippen LogP contribution < -0.4 is 10.6 Å². The van der Waals surface area contributed by atoms with Crippen LogP contribution in [0.15, 0.2) is 52.3 Å². The van der Waals surface area contributed by atoms with Crippen LogP contribution >= 0.6 is 24.0 Å². The molecular weight excluding hydrogens is 346 g/mol. The maximum absolute atomic E-state index is 5.91. The lowest BCUT2D eigenvalue weighted by atomic mass is 10.1. The number of thiocarbonyl (C=S) groups is 1. The Morgan fingerprint density at radius 1 is 1.12 bits per heavy atom. The molecule has 5 heteroatoms. The Morgan fingerprint density at radius 3 is 2.56 bits per heavy atom. The van der Waals surface area contributed by atoms with E-state index in [1.807, 2.05) is 17.8 Å².